The molecule has 1 amide bonds. The van der Waals surface area contributed by atoms with Crippen LogP contribution in [0.4, 0.5) is 23.7 Å². The van der Waals surface area contributed by atoms with Crippen LogP contribution in [0.15, 0.2) is 73.6 Å². The molecule has 4 aliphatic carbocycles. The highest BCUT2D eigenvalue weighted by atomic mass is 32.1. The monoisotopic (exact) mass is 1490 g/mol. The van der Waals surface area contributed by atoms with Crippen molar-refractivity contribution in [3.05, 3.63) is 112 Å². The lowest BCUT2D eigenvalue weighted by atomic mass is 9.68. The zero-order valence-electron chi connectivity index (χ0n) is 65.3. The van der Waals surface area contributed by atoms with E-state index in [1.165, 1.54) is 91.6 Å². The molecule has 5 atom stereocenters. The molecule has 26 heteroatoms. The second-order valence-corrected chi connectivity index (χ2v) is 34.6. The quantitative estimate of drug-likeness (QED) is 0.0447. The van der Waals surface area contributed by atoms with Crippen LogP contribution < -0.4 is 20.9 Å². The minimum atomic E-state index is -0.871. The Morgan fingerprint density at radius 1 is 0.648 bits per heavy atom. The third-order valence-electron chi connectivity index (χ3n) is 24.8. The Hall–Kier alpha value is -7.98. The van der Waals surface area contributed by atoms with Crippen molar-refractivity contribution in [3.8, 4) is 22.3 Å². The van der Waals surface area contributed by atoms with Crippen LogP contribution >= 0.6 is 11.3 Å². The normalized spacial score (nSPS) is 24.2. The number of hydrogen-bond donors (Lipinski definition) is 5. The first-order valence-corrected chi connectivity index (χ1v) is 40.8. The molecule has 2 bridgehead atoms. The van der Waals surface area contributed by atoms with Crippen LogP contribution in [0.25, 0.3) is 44.4 Å². The van der Waals surface area contributed by atoms with Gasteiger partial charge in [-0.05, 0) is 204 Å². The fraction of sp³-hybridized carbons (Fsp3) is 0.610. The van der Waals surface area contributed by atoms with Gasteiger partial charge in [-0.1, -0.05) is 32.3 Å². The van der Waals surface area contributed by atoms with Gasteiger partial charge in [-0.15, -0.1) is 26.6 Å². The summed E-state index contributed by atoms with van der Waals surface area (Å²) in [6.45, 7) is 19.5. The summed E-state index contributed by atoms with van der Waals surface area (Å²) in [6.07, 6.45) is 34.8. The molecule has 5 N–H and O–H groups in total. The molecule has 9 aromatic rings. The molecule has 4 saturated carbocycles. The number of fused-ring (bicyclic) bond motifs is 6. The number of thiazole rings is 1. The number of anilines is 4. The minimum absolute atomic E-state index is 0.0161. The lowest BCUT2D eigenvalue weighted by Crippen LogP contribution is -2.45. The zero-order valence-corrected chi connectivity index (χ0v) is 66.1. The minimum Gasteiger partial charge on any atom is -0.393 e. The predicted octanol–water partition coefficient (Wildman–Crippen LogP) is 13.5. The number of aryl methyl sites for hydroxylation is 1. The van der Waals surface area contributed by atoms with E-state index >= 15 is 0 Å². The summed E-state index contributed by atoms with van der Waals surface area (Å²) in [5, 5.41) is 50.8. The van der Waals surface area contributed by atoms with Gasteiger partial charge in [-0.3, -0.25) is 14.4 Å². The van der Waals surface area contributed by atoms with Gasteiger partial charge in [-0.2, -0.15) is 5.10 Å². The third kappa shape index (κ3) is 15.9. The SMILES string of the molecule is COC[C@H](C)Nc1ncc2c(-c3ccnc(N4CCC5(CCC5)C4)c3)cc(C3CCC(O)CC3)n2n1.COC[C@H](C)Nc1ncc2c(-c3cnn(C(C)(C)C(=O)N4Cc5nc(C)sc5C4)c3)cc(C3CCC(O)CC3)n2n1.COC[C@H](C)Nc1ncc2c(C3=C[C@H]4CC[C@@H](C3)N4C)cc(C3CCC(C)CC3)n2n1. The van der Waals surface area contributed by atoms with E-state index in [2.05, 4.69) is 124 Å². The summed E-state index contributed by atoms with van der Waals surface area (Å²) in [6, 6.07) is 12.9. The maximum absolute atomic E-state index is 13.7. The number of rotatable bonds is 21. The molecule has 0 radical (unpaired) electrons. The summed E-state index contributed by atoms with van der Waals surface area (Å²) in [7, 11) is 7.39. The number of carbonyl (C=O) groups excluding carboxylic acids is 1. The Kier molecular flexibility index (Phi) is 22.5. The van der Waals surface area contributed by atoms with E-state index in [9.17, 15) is 15.0 Å². The molecule has 0 aromatic carbocycles. The Balaban J connectivity index is 0.000000130. The second-order valence-electron chi connectivity index (χ2n) is 33.3. The molecular weight excluding hydrogens is 1380 g/mol. The van der Waals surface area contributed by atoms with Gasteiger partial charge in [0, 0.05) is 139 Å². The average Bonchev–Trinajstić information content (AvgIpc) is 1.61. The molecule has 25 nitrogen and oxygen atoms in total. The molecule has 2 saturated heterocycles. The molecule has 578 valence electrons. The highest BCUT2D eigenvalue weighted by molar-refractivity contribution is 7.11. The molecular formula is C82H113N19O6S. The van der Waals surface area contributed by atoms with Crippen molar-refractivity contribution in [2.24, 2.45) is 11.3 Å². The molecule has 4 aliphatic heterocycles. The Morgan fingerprint density at radius 2 is 1.17 bits per heavy atom. The van der Waals surface area contributed by atoms with Crippen molar-refractivity contribution in [2.75, 3.05) is 82.1 Å². The number of ether oxygens (including phenoxy) is 3. The van der Waals surface area contributed by atoms with Gasteiger partial charge in [0.25, 0.3) is 5.91 Å². The summed E-state index contributed by atoms with van der Waals surface area (Å²) >= 11 is 1.66. The smallest absolute Gasteiger partial charge is 0.250 e. The molecule has 0 unspecified atom stereocenters. The Bertz CT molecular complexity index is 4620. The van der Waals surface area contributed by atoms with E-state index in [0.717, 1.165) is 138 Å². The fourth-order valence-electron chi connectivity index (χ4n) is 18.5. The number of aliphatic hydroxyl groups excluding tert-OH is 2. The Morgan fingerprint density at radius 3 is 1.67 bits per heavy atom. The van der Waals surface area contributed by atoms with Gasteiger partial charge in [0.2, 0.25) is 17.8 Å². The second kappa shape index (κ2) is 32.2. The van der Waals surface area contributed by atoms with Crippen LogP contribution in [0, 0.1) is 18.3 Å². The van der Waals surface area contributed by atoms with Gasteiger partial charge >= 0.3 is 0 Å². The first-order chi connectivity index (χ1) is 52.2. The van der Waals surface area contributed by atoms with E-state index in [-0.39, 0.29) is 42.2 Å². The van der Waals surface area contributed by atoms with E-state index in [4.69, 9.17) is 34.5 Å². The third-order valence-corrected chi connectivity index (χ3v) is 25.8. The maximum Gasteiger partial charge on any atom is 0.250 e. The highest BCUT2D eigenvalue weighted by Crippen LogP contribution is 2.50. The fourth-order valence-corrected chi connectivity index (χ4v) is 19.4. The first kappa shape index (κ1) is 75.4. The van der Waals surface area contributed by atoms with Crippen LogP contribution in [0.2, 0.25) is 0 Å². The van der Waals surface area contributed by atoms with E-state index in [1.807, 2.05) is 74.3 Å². The van der Waals surface area contributed by atoms with Gasteiger partial charge < -0.3 is 50.2 Å². The van der Waals surface area contributed by atoms with Crippen molar-refractivity contribution in [3.63, 3.8) is 0 Å². The molecule has 8 aliphatic rings. The van der Waals surface area contributed by atoms with Crippen molar-refractivity contribution in [1.29, 1.82) is 0 Å². The molecule has 1 spiro atoms. The van der Waals surface area contributed by atoms with Gasteiger partial charge in [0.15, 0.2) is 0 Å². The number of nitrogens with zero attached hydrogens (tertiary/aromatic N) is 16. The van der Waals surface area contributed by atoms with Crippen LogP contribution in [0.3, 0.4) is 0 Å². The van der Waals surface area contributed by atoms with Gasteiger partial charge in [0.05, 0.1) is 97.2 Å². The number of methoxy groups -OCH3 is 3. The summed E-state index contributed by atoms with van der Waals surface area (Å²) in [4.78, 5) is 45.0. The van der Waals surface area contributed by atoms with Crippen LogP contribution in [-0.4, -0.2) is 193 Å². The van der Waals surface area contributed by atoms with E-state index in [0.29, 0.717) is 80.1 Å². The number of amides is 1. The lowest BCUT2D eigenvalue weighted by Gasteiger charge is -2.38. The van der Waals surface area contributed by atoms with E-state index < -0.39 is 5.54 Å². The van der Waals surface area contributed by atoms with E-state index in [1.54, 1.807) is 37.3 Å². The molecule has 108 heavy (non-hydrogen) atoms. The number of carbonyl (C=O) groups is 1. The van der Waals surface area contributed by atoms with Gasteiger partial charge in [0.1, 0.15) is 11.4 Å². The number of likely N-dealkylation sites (N-methyl/N-ethyl adjacent to an activating group) is 1. The predicted molar refractivity (Wildman–Crippen MR) is 424 cm³/mol. The van der Waals surface area contributed by atoms with Crippen molar-refractivity contribution < 1.29 is 29.2 Å². The van der Waals surface area contributed by atoms with Crippen molar-refractivity contribution in [2.45, 2.75) is 249 Å². The van der Waals surface area contributed by atoms with Crippen LogP contribution in [0.5, 0.6) is 0 Å². The van der Waals surface area contributed by atoms with Crippen LogP contribution in [0.1, 0.15) is 220 Å². The highest BCUT2D eigenvalue weighted by Gasteiger charge is 2.44. The zero-order chi connectivity index (χ0) is 75.1. The molecule has 17 rings (SSSR count). The number of aromatic nitrogens is 13. The standard InChI is InChI=1S/C29H38N8O3S.C28H38N6O2.C25H37N5O/c1-17(16-40-5)32-28-30-12-25-22(10-24(37(25)34-28)19-6-8-21(38)9-7-19)20-11-31-36(13-20)29(3,4)27(39)35-14-23-26(15-35)41-18(2)33-23;1-19(17-36-2)31-27-30-16-25-23(15-24(34(25)32-27)20-4-6-22(35)7-5-20)21-8-12-29-26(14-21)33-13-11-28(18-33)9-3-10-28;1-16-5-7-18(8-6-16)23-13-22(19-11-20-9-10-21(12-19)29(20)3)24-14-26-25(28-30(23)24)27-17(2)15-31-4/h10-13,17,19,21,38H,6-9,14-16H2,1-5H3,(H,32,34);8,12,14-16,19-20,22,35H,3-7,9-11,13,17-18H2,1-2H3,(H,31,32);11,13-14,16-18,20-21H,5-10,12,15H2,1-4H3,(H,27,28)/t17-,19?,21?;19-,20?,22?;16?,17-,18?,20+,21-/m000/s1. The topological polar surface area (TPSA) is 265 Å². The summed E-state index contributed by atoms with van der Waals surface area (Å²) in [5.74, 6) is 4.98. The van der Waals surface area contributed by atoms with Gasteiger partial charge in [-0.25, -0.2) is 38.5 Å². The average molecular weight is 1490 g/mol. The molecule has 13 heterocycles. The number of aliphatic hydroxyl groups is 2. The van der Waals surface area contributed by atoms with Crippen LogP contribution in [-0.2, 0) is 37.6 Å². The number of nitrogens with one attached hydrogen (secondary N) is 3. The van der Waals surface area contributed by atoms with Crippen molar-refractivity contribution >= 4 is 63.0 Å². The molecule has 6 fully saturated rings. The number of pyridine rings is 1. The largest absolute Gasteiger partial charge is 0.393 e. The summed E-state index contributed by atoms with van der Waals surface area (Å²) in [5.41, 5.74) is 14.4. The molecule has 9 aromatic heterocycles. The van der Waals surface area contributed by atoms with Crippen molar-refractivity contribution in [1.82, 2.24) is 73.3 Å². The Labute approximate surface area is 639 Å². The number of hydrogen-bond acceptors (Lipinski definition) is 21. The summed E-state index contributed by atoms with van der Waals surface area (Å²) < 4.78 is 23.8. The lowest BCUT2D eigenvalue weighted by molar-refractivity contribution is -0.140. The maximum atomic E-state index is 13.7. The first-order valence-electron chi connectivity index (χ1n) is 39.9.